The number of carbonyl (C=O) groups is 1. The molecule has 4 aliphatic carbocycles. The van der Waals surface area contributed by atoms with E-state index in [1.54, 1.807) is 6.08 Å². The van der Waals surface area contributed by atoms with Crippen molar-refractivity contribution in [1.82, 2.24) is 0 Å². The highest BCUT2D eigenvalue weighted by molar-refractivity contribution is 5.91. The lowest BCUT2D eigenvalue weighted by molar-refractivity contribution is -0.118. The topological polar surface area (TPSA) is 37.3 Å². The van der Waals surface area contributed by atoms with Crippen LogP contribution in [0.2, 0.25) is 0 Å². The SMILES string of the molecule is [3H]C1C(=O)C=C2CC[C@H]3[C@@H]4CC[C@H](O)[C@@]4(C)CC[C@@H]3[C@@]2(C)C1[3H]. The molecule has 0 radical (unpaired) electrons. The van der Waals surface area contributed by atoms with Gasteiger partial charge in [-0.25, -0.2) is 0 Å². The van der Waals surface area contributed by atoms with Gasteiger partial charge in [0.25, 0.3) is 0 Å². The lowest BCUT2D eigenvalue weighted by Crippen LogP contribution is -2.51. The highest BCUT2D eigenvalue weighted by Gasteiger charge is 2.58. The maximum absolute atomic E-state index is 12.0. The Morgan fingerprint density at radius 3 is 2.86 bits per heavy atom. The van der Waals surface area contributed by atoms with Crippen LogP contribution in [0.5, 0.6) is 0 Å². The zero-order chi connectivity index (χ0) is 16.6. The fraction of sp³-hybridized carbons (Fsp3) is 0.842. The van der Waals surface area contributed by atoms with E-state index < -0.39 is 12.8 Å². The average molecular weight is 292 g/mol. The Kier molecular flexibility index (Phi) is 2.51. The number of aliphatic hydroxyl groups excluding tert-OH is 1. The molecule has 2 nitrogen and oxygen atoms in total. The van der Waals surface area contributed by atoms with E-state index >= 15 is 0 Å². The number of hydrogen-bond acceptors (Lipinski definition) is 2. The third kappa shape index (κ3) is 1.78. The number of ketones is 1. The molecule has 3 saturated carbocycles. The first-order valence-corrected chi connectivity index (χ1v) is 8.57. The van der Waals surface area contributed by atoms with Gasteiger partial charge in [0, 0.05) is 9.14 Å². The molecule has 0 aliphatic heterocycles. The summed E-state index contributed by atoms with van der Waals surface area (Å²) >= 11 is 0. The molecule has 2 unspecified atom stereocenters. The van der Waals surface area contributed by atoms with Gasteiger partial charge < -0.3 is 5.11 Å². The second-order valence-corrected chi connectivity index (χ2v) is 8.24. The molecule has 0 amide bonds. The van der Waals surface area contributed by atoms with Gasteiger partial charge in [0.15, 0.2) is 5.78 Å². The zero-order valence-electron chi connectivity index (χ0n) is 15.1. The van der Waals surface area contributed by atoms with Gasteiger partial charge >= 0.3 is 0 Å². The molecule has 3 fully saturated rings. The smallest absolute Gasteiger partial charge is 0.155 e. The molecule has 0 bridgehead atoms. The van der Waals surface area contributed by atoms with Gasteiger partial charge in [-0.3, -0.25) is 4.79 Å². The number of aliphatic hydroxyl groups is 1. The molecule has 8 atom stereocenters. The van der Waals surface area contributed by atoms with Crippen LogP contribution in [-0.4, -0.2) is 17.0 Å². The fourth-order valence-electron chi connectivity index (χ4n) is 6.17. The quantitative estimate of drug-likeness (QED) is 0.735. The van der Waals surface area contributed by atoms with E-state index in [9.17, 15) is 9.90 Å². The van der Waals surface area contributed by atoms with Crippen molar-refractivity contribution in [2.24, 2.45) is 28.6 Å². The Morgan fingerprint density at radius 2 is 2.05 bits per heavy atom. The molecule has 0 aromatic heterocycles. The first-order chi connectivity index (χ1) is 10.8. The molecular weight excluding hydrogens is 260 g/mol. The van der Waals surface area contributed by atoms with E-state index in [0.717, 1.165) is 44.1 Å². The molecule has 4 aliphatic rings. The van der Waals surface area contributed by atoms with Crippen molar-refractivity contribution in [1.29, 1.82) is 0 Å². The Labute approximate surface area is 130 Å². The van der Waals surface area contributed by atoms with Crippen molar-refractivity contribution in [3.8, 4) is 0 Å². The summed E-state index contributed by atoms with van der Waals surface area (Å²) in [6.07, 6.45) is 6.00. The lowest BCUT2D eigenvalue weighted by atomic mass is 9.47. The van der Waals surface area contributed by atoms with Gasteiger partial charge in [-0.05, 0) is 79.6 Å². The van der Waals surface area contributed by atoms with E-state index in [-0.39, 0.29) is 22.7 Å². The minimum absolute atomic E-state index is 0.0428. The molecule has 2 heteroatoms. The van der Waals surface area contributed by atoms with Gasteiger partial charge in [-0.2, -0.15) is 0 Å². The van der Waals surface area contributed by atoms with Crippen LogP contribution in [0.15, 0.2) is 11.6 Å². The third-order valence-electron chi connectivity index (χ3n) is 7.51. The summed E-state index contributed by atoms with van der Waals surface area (Å²) in [4.78, 5) is 12.0. The highest BCUT2D eigenvalue weighted by Crippen LogP contribution is 2.65. The fourth-order valence-corrected chi connectivity index (χ4v) is 6.17. The predicted molar refractivity (Wildman–Crippen MR) is 82.7 cm³/mol. The molecule has 116 valence electrons. The first-order valence-electron chi connectivity index (χ1n) is 9.73. The van der Waals surface area contributed by atoms with Crippen LogP contribution in [0.4, 0.5) is 0 Å². The van der Waals surface area contributed by atoms with Crippen LogP contribution < -0.4 is 0 Å². The Bertz CT molecular complexity index is 574. The molecule has 0 heterocycles. The van der Waals surface area contributed by atoms with Gasteiger partial charge in [0.1, 0.15) is 0 Å². The van der Waals surface area contributed by atoms with E-state index in [1.165, 1.54) is 0 Å². The largest absolute Gasteiger partial charge is 0.393 e. The summed E-state index contributed by atoms with van der Waals surface area (Å²) in [7, 11) is 0. The maximum Gasteiger partial charge on any atom is 0.155 e. The molecule has 0 aromatic rings. The van der Waals surface area contributed by atoms with Crippen molar-refractivity contribution in [3.63, 3.8) is 0 Å². The van der Waals surface area contributed by atoms with Crippen LogP contribution in [-0.2, 0) is 4.79 Å². The summed E-state index contributed by atoms with van der Waals surface area (Å²) in [5.41, 5.74) is 0.855. The summed E-state index contributed by atoms with van der Waals surface area (Å²) < 4.78 is 16.8. The second-order valence-electron chi connectivity index (χ2n) is 8.24. The Balaban J connectivity index is 1.73. The third-order valence-corrected chi connectivity index (χ3v) is 7.51. The molecule has 0 spiro atoms. The van der Waals surface area contributed by atoms with Crippen LogP contribution in [0.3, 0.4) is 0 Å². The van der Waals surface area contributed by atoms with Crippen molar-refractivity contribution in [2.45, 2.75) is 71.3 Å². The molecule has 0 saturated heterocycles. The summed E-state index contributed by atoms with van der Waals surface area (Å²) in [6, 6.07) is 0. The number of fused-ring (bicyclic) bond motifs is 5. The highest BCUT2D eigenvalue weighted by atomic mass is 16.3. The van der Waals surface area contributed by atoms with Gasteiger partial charge in [0.2, 0.25) is 0 Å². The van der Waals surface area contributed by atoms with Crippen molar-refractivity contribution in [3.05, 3.63) is 11.6 Å². The number of allylic oxidation sites excluding steroid dienone is 1. The van der Waals surface area contributed by atoms with Crippen LogP contribution in [0.1, 0.15) is 67.9 Å². The molecule has 21 heavy (non-hydrogen) atoms. The number of carbonyl (C=O) groups excluding carboxylic acids is 1. The summed E-state index contributed by atoms with van der Waals surface area (Å²) in [5.74, 6) is 1.31. The first kappa shape index (κ1) is 11.9. The van der Waals surface area contributed by atoms with Crippen LogP contribution >= 0.6 is 0 Å². The van der Waals surface area contributed by atoms with E-state index in [1.807, 2.05) is 0 Å². The normalized spacial score (nSPS) is 61.1. The number of rotatable bonds is 0. The summed E-state index contributed by atoms with van der Waals surface area (Å²) in [6.45, 7) is 4.41. The van der Waals surface area contributed by atoms with Gasteiger partial charge in [0.05, 0.1) is 6.10 Å². The van der Waals surface area contributed by atoms with Crippen molar-refractivity contribution < 1.29 is 12.6 Å². The van der Waals surface area contributed by atoms with Crippen molar-refractivity contribution in [2.75, 3.05) is 0 Å². The van der Waals surface area contributed by atoms with Crippen LogP contribution in [0.25, 0.3) is 0 Å². The predicted octanol–water partition coefficient (Wildman–Crippen LogP) is 3.88. The van der Waals surface area contributed by atoms with Crippen molar-refractivity contribution >= 4 is 5.78 Å². The maximum atomic E-state index is 12.0. The molecule has 0 aromatic carbocycles. The minimum atomic E-state index is -0.926. The Morgan fingerprint density at radius 1 is 1.24 bits per heavy atom. The second kappa shape index (κ2) is 4.44. The standard InChI is InChI=1S/C19H28O2/c1-18-9-7-13(20)11-12(18)3-4-14-15-5-6-17(21)19(15,2)10-8-16(14)18/h11,14-17,21H,3-10H2,1-2H3/t14-,15-,16-,17-,18-,19-/m0/s1/i7T,9T/t7?,9?,14-,15-,16-,17-,18-,19-. The minimum Gasteiger partial charge on any atom is -0.393 e. The van der Waals surface area contributed by atoms with E-state index in [0.29, 0.717) is 17.8 Å². The number of hydrogen-bond donors (Lipinski definition) is 1. The zero-order valence-corrected chi connectivity index (χ0v) is 13.1. The van der Waals surface area contributed by atoms with E-state index in [4.69, 9.17) is 2.74 Å². The molecule has 1 N–H and O–H groups in total. The average Bonchev–Trinajstić information content (AvgIpc) is 2.83. The monoisotopic (exact) mass is 292 g/mol. The lowest BCUT2D eigenvalue weighted by Gasteiger charge is -2.57. The Hall–Kier alpha value is -0.630. The van der Waals surface area contributed by atoms with Gasteiger partial charge in [-0.1, -0.05) is 19.4 Å². The van der Waals surface area contributed by atoms with Gasteiger partial charge in [-0.15, -0.1) is 0 Å². The molecule has 4 rings (SSSR count). The molecular formula is C19H28O2. The summed E-state index contributed by atoms with van der Waals surface area (Å²) in [5, 5.41) is 10.5. The van der Waals surface area contributed by atoms with Crippen LogP contribution in [0, 0.1) is 28.6 Å². The van der Waals surface area contributed by atoms with E-state index in [2.05, 4.69) is 13.8 Å².